The second kappa shape index (κ2) is 9.40. The highest BCUT2D eigenvalue weighted by molar-refractivity contribution is 5.86. The maximum Gasteiger partial charge on any atom is 0.312 e. The SMILES string of the molecule is Cc1cccc2cc([C@H](C)Nc3nc(F)nc4c3ncn4C3CCCCO3)n(-c3ccccc3)c(=O)c12. The van der Waals surface area contributed by atoms with Crippen LogP contribution in [0.4, 0.5) is 10.2 Å². The van der Waals surface area contributed by atoms with Crippen LogP contribution in [0.25, 0.3) is 27.6 Å². The molecule has 1 aliphatic rings. The minimum atomic E-state index is -0.852. The van der Waals surface area contributed by atoms with Crippen LogP contribution in [-0.4, -0.2) is 30.7 Å². The van der Waals surface area contributed by atoms with Gasteiger partial charge in [-0.3, -0.25) is 13.9 Å². The van der Waals surface area contributed by atoms with Gasteiger partial charge in [-0.15, -0.1) is 0 Å². The topological polar surface area (TPSA) is 86.9 Å². The standard InChI is InChI=1S/C28H27FN6O2/c1-17-9-8-10-19-15-21(35(27(36)23(17)19)20-11-4-3-5-12-20)18(2)31-25-24-26(33-28(29)32-25)34(16-30-24)22-13-6-7-14-37-22/h3-5,8-12,15-16,18,22H,6-7,13-14H2,1-2H3,(H,31,32,33)/t18-,22?/m0/s1. The van der Waals surface area contributed by atoms with E-state index in [1.54, 1.807) is 15.5 Å². The van der Waals surface area contributed by atoms with Crippen molar-refractivity contribution in [2.24, 2.45) is 0 Å². The van der Waals surface area contributed by atoms with Crippen molar-refractivity contribution in [1.29, 1.82) is 0 Å². The molecule has 0 bridgehead atoms. The Hall–Kier alpha value is -4.11. The molecule has 0 amide bonds. The highest BCUT2D eigenvalue weighted by Crippen LogP contribution is 2.30. The Labute approximate surface area is 212 Å². The van der Waals surface area contributed by atoms with Crippen molar-refractivity contribution in [3.8, 4) is 5.69 Å². The number of hydrogen-bond donors (Lipinski definition) is 1. The molecule has 1 unspecified atom stereocenters. The van der Waals surface area contributed by atoms with E-state index >= 15 is 0 Å². The molecule has 2 atom stereocenters. The monoisotopic (exact) mass is 498 g/mol. The zero-order chi connectivity index (χ0) is 25.5. The fourth-order valence-electron chi connectivity index (χ4n) is 5.14. The van der Waals surface area contributed by atoms with Crippen LogP contribution in [0, 0.1) is 13.0 Å². The highest BCUT2D eigenvalue weighted by Gasteiger charge is 2.23. The molecule has 3 aromatic heterocycles. The maximum atomic E-state index is 14.6. The van der Waals surface area contributed by atoms with Gasteiger partial charge in [0.25, 0.3) is 5.56 Å². The molecule has 5 aromatic rings. The Morgan fingerprint density at radius 2 is 1.95 bits per heavy atom. The largest absolute Gasteiger partial charge is 0.360 e. The van der Waals surface area contributed by atoms with Crippen LogP contribution >= 0.6 is 0 Å². The lowest BCUT2D eigenvalue weighted by Gasteiger charge is -2.24. The molecule has 1 aliphatic heterocycles. The Morgan fingerprint density at radius 3 is 2.73 bits per heavy atom. The molecular weight excluding hydrogens is 471 g/mol. The molecule has 6 rings (SSSR count). The Morgan fingerprint density at radius 1 is 1.11 bits per heavy atom. The average Bonchev–Trinajstić information content (AvgIpc) is 3.33. The van der Waals surface area contributed by atoms with E-state index in [0.29, 0.717) is 23.2 Å². The molecule has 1 N–H and O–H groups in total. The molecule has 37 heavy (non-hydrogen) atoms. The van der Waals surface area contributed by atoms with Gasteiger partial charge < -0.3 is 10.1 Å². The van der Waals surface area contributed by atoms with E-state index in [0.717, 1.165) is 41.6 Å². The number of benzene rings is 2. The maximum absolute atomic E-state index is 14.6. The fourth-order valence-corrected chi connectivity index (χ4v) is 5.14. The van der Waals surface area contributed by atoms with Gasteiger partial charge in [0.1, 0.15) is 6.23 Å². The van der Waals surface area contributed by atoms with E-state index in [1.807, 2.05) is 68.4 Å². The number of halogens is 1. The Bertz CT molecular complexity index is 1660. The highest BCUT2D eigenvalue weighted by atomic mass is 19.1. The summed E-state index contributed by atoms with van der Waals surface area (Å²) >= 11 is 0. The summed E-state index contributed by atoms with van der Waals surface area (Å²) in [7, 11) is 0. The number of rotatable bonds is 5. The molecule has 8 nitrogen and oxygen atoms in total. The van der Waals surface area contributed by atoms with Gasteiger partial charge in [-0.2, -0.15) is 14.4 Å². The van der Waals surface area contributed by atoms with Crippen LogP contribution in [0.3, 0.4) is 0 Å². The molecule has 2 aromatic carbocycles. The number of anilines is 1. The number of pyridine rings is 1. The number of para-hydroxylation sites is 1. The molecule has 0 radical (unpaired) electrons. The summed E-state index contributed by atoms with van der Waals surface area (Å²) < 4.78 is 24.0. The molecule has 1 fully saturated rings. The number of nitrogens with zero attached hydrogens (tertiary/aromatic N) is 5. The van der Waals surface area contributed by atoms with Gasteiger partial charge in [0, 0.05) is 18.0 Å². The van der Waals surface area contributed by atoms with Crippen molar-refractivity contribution in [2.45, 2.75) is 45.4 Å². The van der Waals surface area contributed by atoms with Gasteiger partial charge >= 0.3 is 6.08 Å². The number of nitrogens with one attached hydrogen (secondary N) is 1. The van der Waals surface area contributed by atoms with Crippen LogP contribution < -0.4 is 10.9 Å². The van der Waals surface area contributed by atoms with Crippen LogP contribution in [0.15, 0.2) is 65.7 Å². The molecule has 188 valence electrons. The van der Waals surface area contributed by atoms with E-state index in [1.165, 1.54) is 0 Å². The first kappa shape index (κ1) is 23.3. The van der Waals surface area contributed by atoms with Gasteiger partial charge in [0.2, 0.25) is 0 Å². The summed E-state index contributed by atoms with van der Waals surface area (Å²) in [5, 5.41) is 4.82. The quantitative estimate of drug-likeness (QED) is 0.324. The van der Waals surface area contributed by atoms with Gasteiger partial charge in [0.15, 0.2) is 17.0 Å². The van der Waals surface area contributed by atoms with Gasteiger partial charge in [-0.25, -0.2) is 4.98 Å². The second-order valence-corrected chi connectivity index (χ2v) is 9.44. The van der Waals surface area contributed by atoms with Crippen molar-refractivity contribution in [3.63, 3.8) is 0 Å². The molecule has 4 heterocycles. The minimum Gasteiger partial charge on any atom is -0.360 e. The first-order valence-electron chi connectivity index (χ1n) is 12.5. The third-order valence-electron chi connectivity index (χ3n) is 6.95. The van der Waals surface area contributed by atoms with E-state index in [9.17, 15) is 9.18 Å². The van der Waals surface area contributed by atoms with E-state index in [2.05, 4.69) is 20.3 Å². The average molecular weight is 499 g/mol. The summed E-state index contributed by atoms with van der Waals surface area (Å²) in [5.74, 6) is 0.265. The van der Waals surface area contributed by atoms with Gasteiger partial charge in [0.05, 0.1) is 17.8 Å². The number of aryl methyl sites for hydroxylation is 1. The summed E-state index contributed by atoms with van der Waals surface area (Å²) in [4.78, 5) is 26.4. The Balaban J connectivity index is 1.47. The molecule has 1 saturated heterocycles. The molecule has 0 saturated carbocycles. The van der Waals surface area contributed by atoms with Crippen molar-refractivity contribution in [1.82, 2.24) is 24.1 Å². The van der Waals surface area contributed by atoms with Crippen molar-refractivity contribution in [3.05, 3.63) is 88.6 Å². The van der Waals surface area contributed by atoms with Crippen molar-refractivity contribution in [2.75, 3.05) is 11.9 Å². The lowest BCUT2D eigenvalue weighted by atomic mass is 10.0. The second-order valence-electron chi connectivity index (χ2n) is 9.44. The van der Waals surface area contributed by atoms with E-state index in [4.69, 9.17) is 4.74 Å². The number of fused-ring (bicyclic) bond motifs is 2. The van der Waals surface area contributed by atoms with Crippen molar-refractivity contribution >= 4 is 27.8 Å². The van der Waals surface area contributed by atoms with Crippen LogP contribution in [0.5, 0.6) is 0 Å². The van der Waals surface area contributed by atoms with Crippen molar-refractivity contribution < 1.29 is 9.13 Å². The summed E-state index contributed by atoms with van der Waals surface area (Å²) in [6.07, 6.45) is 3.39. The third-order valence-corrected chi connectivity index (χ3v) is 6.95. The van der Waals surface area contributed by atoms with Crippen LogP contribution in [0.1, 0.15) is 49.7 Å². The predicted octanol–water partition coefficient (Wildman–Crippen LogP) is 5.45. The van der Waals surface area contributed by atoms with Gasteiger partial charge in [-0.1, -0.05) is 36.4 Å². The van der Waals surface area contributed by atoms with Crippen LogP contribution in [-0.2, 0) is 4.74 Å². The molecule has 0 spiro atoms. The summed E-state index contributed by atoms with van der Waals surface area (Å²) in [6.45, 7) is 4.51. The zero-order valence-electron chi connectivity index (χ0n) is 20.7. The zero-order valence-corrected chi connectivity index (χ0v) is 20.7. The summed E-state index contributed by atoms with van der Waals surface area (Å²) in [5.41, 5.74) is 3.10. The Kier molecular flexibility index (Phi) is 5.92. The van der Waals surface area contributed by atoms with E-state index in [-0.39, 0.29) is 17.6 Å². The number of imidazole rings is 1. The fraction of sp³-hybridized carbons (Fsp3) is 0.286. The molecule has 9 heteroatoms. The first-order valence-corrected chi connectivity index (χ1v) is 12.5. The van der Waals surface area contributed by atoms with Gasteiger partial charge in [-0.05, 0) is 62.3 Å². The third kappa shape index (κ3) is 4.15. The normalized spacial score (nSPS) is 16.8. The lowest BCUT2D eigenvalue weighted by molar-refractivity contribution is -0.0298. The van der Waals surface area contributed by atoms with E-state index < -0.39 is 12.1 Å². The minimum absolute atomic E-state index is 0.108. The lowest BCUT2D eigenvalue weighted by Crippen LogP contribution is -2.26. The number of hydrogen-bond acceptors (Lipinski definition) is 6. The summed E-state index contributed by atoms with van der Waals surface area (Å²) in [6, 6.07) is 16.9. The molecule has 0 aliphatic carbocycles. The number of aromatic nitrogens is 5. The van der Waals surface area contributed by atoms with Crippen LogP contribution in [0.2, 0.25) is 0 Å². The predicted molar refractivity (Wildman–Crippen MR) is 140 cm³/mol. The molecular formula is C28H27FN6O2. The first-order chi connectivity index (χ1) is 18.0. The smallest absolute Gasteiger partial charge is 0.312 e. The number of ether oxygens (including phenoxy) is 1.